The summed E-state index contributed by atoms with van der Waals surface area (Å²) >= 11 is 0. The predicted octanol–water partition coefficient (Wildman–Crippen LogP) is 0.555. The Balaban J connectivity index is 1.61. The molecule has 1 saturated heterocycles. The van der Waals surface area contributed by atoms with Crippen LogP contribution in [0.4, 0.5) is 5.82 Å². The van der Waals surface area contributed by atoms with Crippen molar-refractivity contribution in [3.05, 3.63) is 52.6 Å². The highest BCUT2D eigenvalue weighted by molar-refractivity contribution is 5.36. The second kappa shape index (κ2) is 6.93. The number of rotatable bonds is 6. The smallest absolute Gasteiger partial charge is 0.354 e. The molecule has 0 saturated carbocycles. The minimum Gasteiger partial charge on any atom is -0.383 e. The van der Waals surface area contributed by atoms with Gasteiger partial charge in [-0.15, -0.1) is 0 Å². The summed E-state index contributed by atoms with van der Waals surface area (Å²) in [6.07, 6.45) is 2.62. The normalized spacial score (nSPS) is 16.0. The third-order valence-corrected chi connectivity index (χ3v) is 4.20. The molecule has 1 aliphatic rings. The Hall–Kier alpha value is -2.18. The molecular weight excluding hydrogens is 290 g/mol. The zero-order chi connectivity index (χ0) is 16.2. The van der Waals surface area contributed by atoms with Crippen molar-refractivity contribution in [2.75, 3.05) is 25.4 Å². The number of nitrogen functional groups attached to an aromatic ring is 1. The van der Waals surface area contributed by atoms with Crippen molar-refractivity contribution in [3.63, 3.8) is 0 Å². The fourth-order valence-electron chi connectivity index (χ4n) is 2.69. The molecule has 0 aliphatic carbocycles. The molecule has 1 fully saturated rings. The first kappa shape index (κ1) is 15.7. The van der Waals surface area contributed by atoms with Crippen molar-refractivity contribution in [1.29, 1.82) is 0 Å². The molecular formula is C17H23N5O. The minimum atomic E-state index is -0.359. The van der Waals surface area contributed by atoms with Crippen LogP contribution in [0.5, 0.6) is 0 Å². The monoisotopic (exact) mass is 313 g/mol. The van der Waals surface area contributed by atoms with Crippen LogP contribution in [-0.2, 0) is 6.42 Å². The maximum atomic E-state index is 11.8. The molecule has 0 radical (unpaired) electrons. The van der Waals surface area contributed by atoms with Crippen LogP contribution in [-0.4, -0.2) is 35.2 Å². The quantitative estimate of drug-likeness (QED) is 0.725. The van der Waals surface area contributed by atoms with Gasteiger partial charge in [0.25, 0.3) is 0 Å². The topological polar surface area (TPSA) is 85.0 Å². The van der Waals surface area contributed by atoms with Crippen molar-refractivity contribution in [2.24, 2.45) is 5.92 Å². The third-order valence-electron chi connectivity index (χ3n) is 4.20. The largest absolute Gasteiger partial charge is 0.383 e. The highest BCUT2D eigenvalue weighted by Gasteiger charge is 2.16. The zero-order valence-corrected chi connectivity index (χ0v) is 13.3. The summed E-state index contributed by atoms with van der Waals surface area (Å²) in [5.41, 5.74) is 7.20. The highest BCUT2D eigenvalue weighted by atomic mass is 16.1. The minimum absolute atomic E-state index is 0.240. The van der Waals surface area contributed by atoms with E-state index in [0.29, 0.717) is 6.04 Å². The van der Waals surface area contributed by atoms with Gasteiger partial charge in [-0.05, 0) is 43.0 Å². The Morgan fingerprint density at radius 1 is 1.35 bits per heavy atom. The number of benzene rings is 1. The van der Waals surface area contributed by atoms with Gasteiger partial charge < -0.3 is 16.4 Å². The molecule has 0 bridgehead atoms. The molecule has 2 heterocycles. The predicted molar refractivity (Wildman–Crippen MR) is 91.8 cm³/mol. The van der Waals surface area contributed by atoms with Gasteiger partial charge in [0.2, 0.25) is 0 Å². The molecule has 1 unspecified atom stereocenters. The molecule has 122 valence electrons. The van der Waals surface area contributed by atoms with Crippen LogP contribution in [0.3, 0.4) is 0 Å². The summed E-state index contributed by atoms with van der Waals surface area (Å²) in [5, 5.41) is 6.86. The summed E-state index contributed by atoms with van der Waals surface area (Å²) in [6.45, 7) is 5.52. The first-order valence-electron chi connectivity index (χ1n) is 8.00. The van der Waals surface area contributed by atoms with Gasteiger partial charge in [0.05, 0.1) is 5.69 Å². The first-order valence-corrected chi connectivity index (χ1v) is 8.00. The van der Waals surface area contributed by atoms with E-state index in [0.717, 1.165) is 37.7 Å². The van der Waals surface area contributed by atoms with Gasteiger partial charge in [0.15, 0.2) is 0 Å². The molecule has 2 aromatic rings. The molecule has 3 rings (SSSR count). The average Bonchev–Trinajstić information content (AvgIpc) is 2.47. The van der Waals surface area contributed by atoms with Crippen LogP contribution in [0.1, 0.15) is 12.5 Å². The third kappa shape index (κ3) is 3.97. The lowest BCUT2D eigenvalue weighted by Gasteiger charge is -2.28. The molecule has 0 spiro atoms. The number of aromatic nitrogens is 2. The van der Waals surface area contributed by atoms with Crippen molar-refractivity contribution in [2.45, 2.75) is 19.4 Å². The number of nitrogens with one attached hydrogen (secondary N) is 2. The van der Waals surface area contributed by atoms with Crippen LogP contribution < -0.4 is 22.1 Å². The number of nitrogens with two attached hydrogens (primary N) is 1. The lowest BCUT2D eigenvalue weighted by Crippen LogP contribution is -2.48. The zero-order valence-electron chi connectivity index (χ0n) is 13.3. The van der Waals surface area contributed by atoms with Crippen LogP contribution in [0, 0.1) is 5.92 Å². The van der Waals surface area contributed by atoms with E-state index in [4.69, 9.17) is 5.73 Å². The van der Waals surface area contributed by atoms with Gasteiger partial charge in [0.1, 0.15) is 5.82 Å². The van der Waals surface area contributed by atoms with Crippen LogP contribution in [0.15, 0.2) is 41.3 Å². The summed E-state index contributed by atoms with van der Waals surface area (Å²) in [6, 6.07) is 10.1. The van der Waals surface area contributed by atoms with Crippen molar-refractivity contribution < 1.29 is 0 Å². The molecule has 1 atom stereocenters. The number of anilines is 1. The molecule has 1 aliphatic heterocycles. The van der Waals surface area contributed by atoms with Crippen molar-refractivity contribution in [3.8, 4) is 5.69 Å². The molecule has 6 nitrogen and oxygen atoms in total. The van der Waals surface area contributed by atoms with Crippen LogP contribution in [0.25, 0.3) is 5.69 Å². The molecule has 0 amide bonds. The highest BCUT2D eigenvalue weighted by Crippen LogP contribution is 2.10. The van der Waals surface area contributed by atoms with Gasteiger partial charge in [-0.2, -0.15) is 4.98 Å². The molecule has 6 heteroatoms. The summed E-state index contributed by atoms with van der Waals surface area (Å²) < 4.78 is 1.49. The van der Waals surface area contributed by atoms with Gasteiger partial charge in [-0.1, -0.05) is 12.1 Å². The fraction of sp³-hybridized carbons (Fsp3) is 0.412. The van der Waals surface area contributed by atoms with E-state index >= 15 is 0 Å². The van der Waals surface area contributed by atoms with Gasteiger partial charge in [-0.3, -0.25) is 4.57 Å². The molecule has 23 heavy (non-hydrogen) atoms. The number of hydrogen-bond donors (Lipinski definition) is 3. The van der Waals surface area contributed by atoms with E-state index in [2.05, 4.69) is 34.7 Å². The average molecular weight is 313 g/mol. The van der Waals surface area contributed by atoms with Crippen LogP contribution >= 0.6 is 0 Å². The Bertz CT molecular complexity index is 706. The van der Waals surface area contributed by atoms with Crippen molar-refractivity contribution >= 4 is 5.82 Å². The maximum Gasteiger partial charge on any atom is 0.354 e. The Morgan fingerprint density at radius 2 is 2.09 bits per heavy atom. The van der Waals surface area contributed by atoms with Crippen LogP contribution in [0.2, 0.25) is 0 Å². The number of hydrogen-bond acceptors (Lipinski definition) is 5. The summed E-state index contributed by atoms with van der Waals surface area (Å²) in [5.74, 6) is 1.01. The van der Waals surface area contributed by atoms with E-state index in [1.54, 1.807) is 12.3 Å². The first-order chi connectivity index (χ1) is 11.1. The maximum absolute atomic E-state index is 11.8. The van der Waals surface area contributed by atoms with E-state index in [-0.39, 0.29) is 11.5 Å². The SMILES string of the molecule is CC(Cc1ccc(-n2ccc(N)nc2=O)cc1)NCC1CNC1. The van der Waals surface area contributed by atoms with E-state index in [1.165, 1.54) is 10.1 Å². The van der Waals surface area contributed by atoms with Gasteiger partial charge >= 0.3 is 5.69 Å². The van der Waals surface area contributed by atoms with E-state index in [9.17, 15) is 4.79 Å². The lowest BCUT2D eigenvalue weighted by atomic mass is 10.0. The fourth-order valence-corrected chi connectivity index (χ4v) is 2.69. The Morgan fingerprint density at radius 3 is 2.70 bits per heavy atom. The van der Waals surface area contributed by atoms with E-state index < -0.39 is 0 Å². The summed E-state index contributed by atoms with van der Waals surface area (Å²) in [7, 11) is 0. The Kier molecular flexibility index (Phi) is 4.73. The van der Waals surface area contributed by atoms with E-state index in [1.807, 2.05) is 12.1 Å². The van der Waals surface area contributed by atoms with Gasteiger partial charge in [0, 0.05) is 31.9 Å². The number of nitrogens with zero attached hydrogens (tertiary/aromatic N) is 2. The lowest BCUT2D eigenvalue weighted by molar-refractivity contribution is 0.319. The Labute approximate surface area is 135 Å². The summed E-state index contributed by atoms with van der Waals surface area (Å²) in [4.78, 5) is 15.6. The molecule has 4 N–H and O–H groups in total. The second-order valence-electron chi connectivity index (χ2n) is 6.21. The van der Waals surface area contributed by atoms with Crippen molar-refractivity contribution in [1.82, 2.24) is 20.2 Å². The molecule has 1 aromatic heterocycles. The second-order valence-corrected chi connectivity index (χ2v) is 6.21. The van der Waals surface area contributed by atoms with Gasteiger partial charge in [-0.25, -0.2) is 4.79 Å². The standard InChI is InChI=1S/C17H23N5O/c1-12(20-11-14-9-19-10-14)8-13-2-4-15(5-3-13)22-7-6-16(18)21-17(22)23/h2-7,12,14,19-20H,8-11H2,1H3,(H2,18,21,23). The molecule has 1 aromatic carbocycles.